The molecule has 3 aromatic heterocycles. The molecule has 0 aliphatic rings. The van der Waals surface area contributed by atoms with Gasteiger partial charge in [0.1, 0.15) is 11.5 Å². The lowest BCUT2D eigenvalue weighted by molar-refractivity contribution is 0.613. The zero-order chi connectivity index (χ0) is 17.9. The minimum Gasteiger partial charge on any atom is -0.350 e. The van der Waals surface area contributed by atoms with Crippen molar-refractivity contribution >= 4 is 28.6 Å². The molecule has 0 radical (unpaired) electrons. The first-order valence-corrected chi connectivity index (χ1v) is 8.47. The standard InChI is InChI=1S/C19H15ClFN5/c20-16-5-1-3-13(17(16)21)10-26-19-24-8-12(9-25-19)7-14-11-23-18-15(14)4-2-6-22-18/h1-6,8-9,11H,7,10H2,(H,22,23)(H,24,25,26). The number of halogens is 2. The van der Waals surface area contributed by atoms with Crippen molar-refractivity contribution in [2.75, 3.05) is 5.32 Å². The van der Waals surface area contributed by atoms with Crippen molar-refractivity contribution in [3.8, 4) is 0 Å². The van der Waals surface area contributed by atoms with Crippen LogP contribution in [0.3, 0.4) is 0 Å². The molecule has 0 spiro atoms. The molecule has 0 aliphatic carbocycles. The largest absolute Gasteiger partial charge is 0.350 e. The fourth-order valence-electron chi connectivity index (χ4n) is 2.78. The molecule has 7 heteroatoms. The molecule has 0 amide bonds. The van der Waals surface area contributed by atoms with E-state index in [4.69, 9.17) is 11.6 Å². The van der Waals surface area contributed by atoms with Gasteiger partial charge < -0.3 is 10.3 Å². The van der Waals surface area contributed by atoms with Gasteiger partial charge in [-0.15, -0.1) is 0 Å². The molecular weight excluding hydrogens is 353 g/mol. The molecule has 5 nitrogen and oxygen atoms in total. The van der Waals surface area contributed by atoms with Crippen molar-refractivity contribution in [3.63, 3.8) is 0 Å². The molecule has 1 aromatic carbocycles. The van der Waals surface area contributed by atoms with Crippen LogP contribution in [0.2, 0.25) is 5.02 Å². The number of fused-ring (bicyclic) bond motifs is 1. The van der Waals surface area contributed by atoms with Crippen LogP contribution in [-0.2, 0) is 13.0 Å². The lowest BCUT2D eigenvalue weighted by atomic mass is 10.1. The van der Waals surface area contributed by atoms with Crippen LogP contribution in [0.4, 0.5) is 10.3 Å². The maximum Gasteiger partial charge on any atom is 0.222 e. The van der Waals surface area contributed by atoms with Gasteiger partial charge in [-0.3, -0.25) is 0 Å². The zero-order valence-electron chi connectivity index (χ0n) is 13.7. The third-order valence-corrected chi connectivity index (χ3v) is 4.40. The second-order valence-corrected chi connectivity index (χ2v) is 6.28. The maximum atomic E-state index is 13.9. The molecule has 4 rings (SSSR count). The summed E-state index contributed by atoms with van der Waals surface area (Å²) in [5.74, 6) is 0.0138. The predicted octanol–water partition coefficient (Wildman–Crippen LogP) is 4.35. The van der Waals surface area contributed by atoms with E-state index in [1.54, 1.807) is 30.7 Å². The highest BCUT2D eigenvalue weighted by Gasteiger charge is 2.08. The number of rotatable bonds is 5. The van der Waals surface area contributed by atoms with Crippen LogP contribution < -0.4 is 5.32 Å². The highest BCUT2D eigenvalue weighted by molar-refractivity contribution is 6.30. The van der Waals surface area contributed by atoms with Gasteiger partial charge in [-0.25, -0.2) is 19.3 Å². The Morgan fingerprint density at radius 2 is 1.88 bits per heavy atom. The van der Waals surface area contributed by atoms with Crippen molar-refractivity contribution in [1.82, 2.24) is 19.9 Å². The highest BCUT2D eigenvalue weighted by Crippen LogP contribution is 2.20. The van der Waals surface area contributed by atoms with Crippen LogP contribution in [0.25, 0.3) is 11.0 Å². The van der Waals surface area contributed by atoms with Crippen molar-refractivity contribution in [1.29, 1.82) is 0 Å². The molecule has 2 N–H and O–H groups in total. The van der Waals surface area contributed by atoms with Crippen LogP contribution >= 0.6 is 11.6 Å². The van der Waals surface area contributed by atoms with Gasteiger partial charge in [0.25, 0.3) is 0 Å². The molecule has 3 heterocycles. The number of anilines is 1. The van der Waals surface area contributed by atoms with Gasteiger partial charge in [-0.05, 0) is 29.3 Å². The minimum atomic E-state index is -0.425. The van der Waals surface area contributed by atoms with Gasteiger partial charge in [0, 0.05) is 48.7 Å². The molecule has 4 aromatic rings. The molecule has 26 heavy (non-hydrogen) atoms. The molecule has 0 atom stereocenters. The van der Waals surface area contributed by atoms with E-state index in [9.17, 15) is 4.39 Å². The summed E-state index contributed by atoms with van der Waals surface area (Å²) in [6.07, 6.45) is 7.94. The summed E-state index contributed by atoms with van der Waals surface area (Å²) in [5.41, 5.74) is 3.45. The summed E-state index contributed by atoms with van der Waals surface area (Å²) in [6.45, 7) is 0.264. The predicted molar refractivity (Wildman–Crippen MR) is 99.7 cm³/mol. The van der Waals surface area contributed by atoms with Gasteiger partial charge >= 0.3 is 0 Å². The van der Waals surface area contributed by atoms with E-state index in [0.717, 1.165) is 22.2 Å². The normalized spacial score (nSPS) is 11.0. The number of pyridine rings is 1. The molecular formula is C19H15ClFN5. The van der Waals surface area contributed by atoms with Crippen molar-refractivity contribution in [3.05, 3.63) is 82.6 Å². The average Bonchev–Trinajstić information content (AvgIpc) is 3.07. The first kappa shape index (κ1) is 16.5. The Morgan fingerprint density at radius 3 is 2.73 bits per heavy atom. The van der Waals surface area contributed by atoms with Crippen molar-refractivity contribution in [2.24, 2.45) is 0 Å². The lowest BCUT2D eigenvalue weighted by Gasteiger charge is -2.07. The van der Waals surface area contributed by atoms with Gasteiger partial charge in [0.05, 0.1) is 5.02 Å². The highest BCUT2D eigenvalue weighted by atomic mass is 35.5. The quantitative estimate of drug-likeness (QED) is 0.550. The number of aromatic nitrogens is 4. The van der Waals surface area contributed by atoms with E-state index in [0.29, 0.717) is 17.9 Å². The third kappa shape index (κ3) is 3.36. The third-order valence-electron chi connectivity index (χ3n) is 4.11. The Hall–Kier alpha value is -2.99. The second kappa shape index (κ2) is 7.09. The van der Waals surface area contributed by atoms with Crippen LogP contribution in [0.5, 0.6) is 0 Å². The SMILES string of the molecule is Fc1c(Cl)cccc1CNc1ncc(Cc2c[nH]c3ncccc23)cn1. The fourth-order valence-corrected chi connectivity index (χ4v) is 2.97. The van der Waals surface area contributed by atoms with Crippen LogP contribution in [0.15, 0.2) is 55.1 Å². The number of hydrogen-bond acceptors (Lipinski definition) is 4. The topological polar surface area (TPSA) is 66.5 Å². The maximum absolute atomic E-state index is 13.9. The minimum absolute atomic E-state index is 0.105. The summed E-state index contributed by atoms with van der Waals surface area (Å²) < 4.78 is 13.9. The number of hydrogen-bond donors (Lipinski definition) is 2. The van der Waals surface area contributed by atoms with Crippen LogP contribution in [-0.4, -0.2) is 19.9 Å². The summed E-state index contributed by atoms with van der Waals surface area (Å²) in [5, 5.41) is 4.20. The summed E-state index contributed by atoms with van der Waals surface area (Å²) in [4.78, 5) is 16.1. The smallest absolute Gasteiger partial charge is 0.222 e. The summed E-state index contributed by atoms with van der Waals surface area (Å²) in [7, 11) is 0. The van der Waals surface area contributed by atoms with Crippen molar-refractivity contribution < 1.29 is 4.39 Å². The van der Waals surface area contributed by atoms with Gasteiger partial charge in [0.15, 0.2) is 0 Å². The Labute approximate surface area is 154 Å². The molecule has 0 aliphatic heterocycles. The molecule has 0 saturated heterocycles. The number of H-pyrrole nitrogens is 1. The second-order valence-electron chi connectivity index (χ2n) is 5.87. The average molecular weight is 368 g/mol. The number of benzene rings is 1. The summed E-state index contributed by atoms with van der Waals surface area (Å²) in [6, 6.07) is 8.85. The zero-order valence-corrected chi connectivity index (χ0v) is 14.5. The van der Waals surface area contributed by atoms with Gasteiger partial charge in [0.2, 0.25) is 5.95 Å². The Kier molecular flexibility index (Phi) is 4.50. The van der Waals surface area contributed by atoms with Gasteiger partial charge in [-0.2, -0.15) is 0 Å². The number of aromatic amines is 1. The first-order valence-electron chi connectivity index (χ1n) is 8.09. The molecule has 130 valence electrons. The van der Waals surface area contributed by atoms with E-state index in [2.05, 4.69) is 25.3 Å². The van der Waals surface area contributed by atoms with E-state index >= 15 is 0 Å². The van der Waals surface area contributed by atoms with E-state index in [1.807, 2.05) is 18.3 Å². The van der Waals surface area contributed by atoms with E-state index < -0.39 is 5.82 Å². The van der Waals surface area contributed by atoms with E-state index in [-0.39, 0.29) is 11.6 Å². The van der Waals surface area contributed by atoms with Gasteiger partial charge in [-0.1, -0.05) is 23.7 Å². The molecule has 0 unspecified atom stereocenters. The Bertz CT molecular complexity index is 1050. The van der Waals surface area contributed by atoms with Crippen LogP contribution in [0.1, 0.15) is 16.7 Å². The van der Waals surface area contributed by atoms with Crippen molar-refractivity contribution in [2.45, 2.75) is 13.0 Å². The van der Waals surface area contributed by atoms with Crippen LogP contribution in [0, 0.1) is 5.82 Å². The molecule has 0 bridgehead atoms. The molecule has 0 saturated carbocycles. The monoisotopic (exact) mass is 367 g/mol. The fraction of sp³-hybridized carbons (Fsp3) is 0.105. The van der Waals surface area contributed by atoms with E-state index in [1.165, 1.54) is 6.07 Å². The Balaban J connectivity index is 1.44. The molecule has 0 fully saturated rings. The number of nitrogens with one attached hydrogen (secondary N) is 2. The summed E-state index contributed by atoms with van der Waals surface area (Å²) >= 11 is 5.78. The Morgan fingerprint density at radius 1 is 1.04 bits per heavy atom. The number of nitrogens with zero attached hydrogens (tertiary/aromatic N) is 3. The first-order chi connectivity index (χ1) is 12.7. The lowest BCUT2D eigenvalue weighted by Crippen LogP contribution is -2.05.